The summed E-state index contributed by atoms with van der Waals surface area (Å²) in [5.41, 5.74) is 1.52. The molecule has 3 aromatic rings. The Morgan fingerprint density at radius 1 is 1.00 bits per heavy atom. The van der Waals surface area contributed by atoms with E-state index in [-0.39, 0.29) is 17.9 Å². The van der Waals surface area contributed by atoms with Crippen LogP contribution in [0.4, 0.5) is 5.69 Å². The van der Waals surface area contributed by atoms with E-state index in [4.69, 9.17) is 18.9 Å². The zero-order valence-corrected chi connectivity index (χ0v) is 35.0. The molecule has 58 heavy (non-hydrogen) atoms. The molecule has 2 bridgehead atoms. The van der Waals surface area contributed by atoms with Crippen LogP contribution in [0.3, 0.4) is 0 Å². The SMILES string of the molecule is CC[C@]1(O)CC2C[C@H](C(=O)OC)[C@H](c3cc4c(cc3OC)N(C)C3C45CCN4CC=C[C@](CC)(C45)[C@@H](OC)[C@]3(O)C(=O)OC)c3[nH]c4ccccc4c3CCN(C2)C1. The number of esters is 2. The number of rotatable bonds is 7. The number of aromatic amines is 1. The number of benzene rings is 2. The lowest BCUT2D eigenvalue weighted by atomic mass is 9.47. The molecular weight excluding hydrogens is 737 g/mol. The van der Waals surface area contributed by atoms with Crippen molar-refractivity contribution < 1.29 is 38.7 Å². The van der Waals surface area contributed by atoms with Crippen molar-refractivity contribution in [3.63, 3.8) is 0 Å². The van der Waals surface area contributed by atoms with E-state index < -0.39 is 52.0 Å². The van der Waals surface area contributed by atoms with Crippen LogP contribution >= 0.6 is 0 Å². The highest BCUT2D eigenvalue weighted by molar-refractivity contribution is 5.88. The molecule has 12 heteroatoms. The van der Waals surface area contributed by atoms with Crippen molar-refractivity contribution in [2.45, 2.75) is 93.1 Å². The van der Waals surface area contributed by atoms with Crippen molar-refractivity contribution in [3.8, 4) is 5.75 Å². The van der Waals surface area contributed by atoms with Gasteiger partial charge in [0.2, 0.25) is 5.60 Å². The van der Waals surface area contributed by atoms with Gasteiger partial charge in [-0.1, -0.05) is 44.2 Å². The van der Waals surface area contributed by atoms with Crippen molar-refractivity contribution in [1.82, 2.24) is 14.8 Å². The van der Waals surface area contributed by atoms with Gasteiger partial charge >= 0.3 is 11.9 Å². The van der Waals surface area contributed by atoms with Crippen LogP contribution in [0.25, 0.3) is 10.9 Å². The van der Waals surface area contributed by atoms with Gasteiger partial charge in [0.25, 0.3) is 0 Å². The minimum atomic E-state index is -2.03. The Morgan fingerprint density at radius 2 is 1.79 bits per heavy atom. The fourth-order valence-corrected chi connectivity index (χ4v) is 13.6. The minimum Gasteiger partial charge on any atom is -0.496 e. The number of hydrogen-bond acceptors (Lipinski definition) is 11. The second-order valence-electron chi connectivity index (χ2n) is 18.2. The lowest BCUT2D eigenvalue weighted by Gasteiger charge is -2.63. The van der Waals surface area contributed by atoms with Crippen LogP contribution in [-0.2, 0) is 35.6 Å². The van der Waals surface area contributed by atoms with E-state index in [0.717, 1.165) is 71.6 Å². The number of methoxy groups -OCH3 is 4. The van der Waals surface area contributed by atoms with Crippen LogP contribution in [0.5, 0.6) is 5.75 Å². The Hall–Kier alpha value is -3.94. The molecule has 1 saturated carbocycles. The Morgan fingerprint density at radius 3 is 2.50 bits per heavy atom. The molecule has 6 aliphatic rings. The molecule has 5 aliphatic heterocycles. The van der Waals surface area contributed by atoms with Crippen molar-refractivity contribution in [2.75, 3.05) is 73.1 Å². The number of aliphatic hydroxyl groups is 2. The molecule has 6 heterocycles. The number of ether oxygens (including phenoxy) is 4. The third kappa shape index (κ3) is 5.23. The summed E-state index contributed by atoms with van der Waals surface area (Å²) in [5, 5.41) is 26.2. The van der Waals surface area contributed by atoms with Gasteiger partial charge in [-0.15, -0.1) is 0 Å². The highest BCUT2D eigenvalue weighted by Gasteiger charge is 2.79. The first-order valence-corrected chi connectivity index (χ1v) is 21.2. The largest absolute Gasteiger partial charge is 0.496 e. The Balaban J connectivity index is 1.32. The maximum absolute atomic E-state index is 14.5. The molecule has 0 amide bonds. The van der Waals surface area contributed by atoms with Crippen LogP contribution < -0.4 is 9.64 Å². The van der Waals surface area contributed by atoms with E-state index in [9.17, 15) is 19.8 Å². The number of H-pyrrole nitrogens is 1. The van der Waals surface area contributed by atoms with Crippen LogP contribution in [0.1, 0.15) is 74.3 Å². The summed E-state index contributed by atoms with van der Waals surface area (Å²) < 4.78 is 23.9. The average molecular weight is 797 g/mol. The average Bonchev–Trinajstić information content (AvgIpc) is 3.88. The summed E-state index contributed by atoms with van der Waals surface area (Å²) >= 11 is 0. The molecule has 5 unspecified atom stereocenters. The van der Waals surface area contributed by atoms with Gasteiger partial charge in [-0.3, -0.25) is 14.6 Å². The molecular formula is C46H60N4O8. The van der Waals surface area contributed by atoms with E-state index >= 15 is 0 Å². The fraction of sp³-hybridized carbons (Fsp3) is 0.609. The van der Waals surface area contributed by atoms with Gasteiger partial charge in [0.1, 0.15) is 11.9 Å². The van der Waals surface area contributed by atoms with Gasteiger partial charge in [0.15, 0.2) is 0 Å². The zero-order valence-electron chi connectivity index (χ0n) is 35.0. The third-order valence-corrected chi connectivity index (χ3v) is 15.7. The highest BCUT2D eigenvalue weighted by Crippen LogP contribution is 2.68. The zero-order chi connectivity index (χ0) is 40.9. The number of para-hydroxylation sites is 1. The van der Waals surface area contributed by atoms with E-state index in [1.54, 1.807) is 14.2 Å². The quantitative estimate of drug-likeness (QED) is 0.230. The number of likely N-dealkylation sites (N-methyl/N-ethyl adjacent to an activating group) is 1. The number of carbonyl (C=O) groups is 2. The number of nitrogens with zero attached hydrogens (tertiary/aromatic N) is 3. The van der Waals surface area contributed by atoms with Gasteiger partial charge in [0.05, 0.1) is 38.9 Å². The first kappa shape index (κ1) is 39.5. The molecule has 1 aromatic heterocycles. The lowest BCUT2D eigenvalue weighted by Crippen LogP contribution is -2.81. The highest BCUT2D eigenvalue weighted by atomic mass is 16.6. The maximum Gasteiger partial charge on any atom is 0.342 e. The molecule has 11 atom stereocenters. The number of hydrogen-bond donors (Lipinski definition) is 3. The predicted octanol–water partition coefficient (Wildman–Crippen LogP) is 4.54. The summed E-state index contributed by atoms with van der Waals surface area (Å²) in [4.78, 5) is 39.6. The van der Waals surface area contributed by atoms with Crippen LogP contribution in [0.2, 0.25) is 0 Å². The third-order valence-electron chi connectivity index (χ3n) is 15.7. The normalized spacial score (nSPS) is 37.7. The van der Waals surface area contributed by atoms with Gasteiger partial charge in [-0.2, -0.15) is 0 Å². The van der Waals surface area contributed by atoms with Crippen molar-refractivity contribution in [1.29, 1.82) is 0 Å². The second kappa shape index (κ2) is 14.1. The monoisotopic (exact) mass is 796 g/mol. The van der Waals surface area contributed by atoms with Crippen molar-refractivity contribution in [2.24, 2.45) is 17.3 Å². The predicted molar refractivity (Wildman–Crippen MR) is 220 cm³/mol. The molecule has 3 fully saturated rings. The van der Waals surface area contributed by atoms with Crippen molar-refractivity contribution in [3.05, 3.63) is 70.9 Å². The van der Waals surface area contributed by atoms with Crippen molar-refractivity contribution >= 4 is 28.5 Å². The second-order valence-corrected chi connectivity index (χ2v) is 18.2. The Bertz CT molecular complexity index is 2150. The van der Waals surface area contributed by atoms with Crippen LogP contribution in [0.15, 0.2) is 48.6 Å². The van der Waals surface area contributed by atoms with E-state index in [1.807, 2.05) is 20.0 Å². The van der Waals surface area contributed by atoms with Gasteiger partial charge in [-0.05, 0) is 74.2 Å². The van der Waals surface area contributed by atoms with E-state index in [1.165, 1.54) is 14.2 Å². The number of aromatic nitrogens is 1. The number of fused-ring (bicyclic) bond motifs is 6. The fourth-order valence-electron chi connectivity index (χ4n) is 13.6. The maximum atomic E-state index is 14.5. The summed E-state index contributed by atoms with van der Waals surface area (Å²) in [7, 11) is 8.02. The summed E-state index contributed by atoms with van der Waals surface area (Å²) in [6.45, 7) is 7.86. The van der Waals surface area contributed by atoms with Gasteiger partial charge in [-0.25, -0.2) is 4.79 Å². The molecule has 9 rings (SSSR count). The van der Waals surface area contributed by atoms with Crippen LogP contribution in [-0.4, -0.2) is 135 Å². The Labute approximate surface area is 341 Å². The number of anilines is 1. The minimum absolute atomic E-state index is 0.0488. The summed E-state index contributed by atoms with van der Waals surface area (Å²) in [6, 6.07) is 11.8. The number of piperidine rings is 1. The van der Waals surface area contributed by atoms with E-state index in [0.29, 0.717) is 44.4 Å². The number of nitrogens with one attached hydrogen (secondary N) is 1. The first-order chi connectivity index (χ1) is 27.9. The first-order valence-electron chi connectivity index (χ1n) is 21.2. The topological polar surface area (TPSA) is 137 Å². The Kier molecular flexibility index (Phi) is 9.59. The van der Waals surface area contributed by atoms with Gasteiger partial charge in [0, 0.05) is 97.0 Å². The molecule has 0 radical (unpaired) electrons. The molecule has 3 N–H and O–H groups in total. The number of carbonyl (C=O) groups excluding carboxylic acids is 2. The standard InChI is InChI=1S/C46H60N4O8/c1-8-43(53)24-27-21-31(38(51)56-5)36(37-29(15-19-49(25-27)26-43)28-13-10-11-14-33(28)47-37)30-22-32-34(23-35(30)55-4)48(3)40-45(32)17-20-50-18-12-16-44(9-2,39(45)50)41(57-6)46(40,54)42(52)58-7/h10-14,16,22-23,27,31,36,39-41,47,53-54H,8-9,15,17-21,24-26H2,1-7H3/t27?,31-,36-,39?,40?,41+,43-,44+,45?,46-/m0/s1. The molecule has 1 spiro atoms. The smallest absolute Gasteiger partial charge is 0.342 e. The molecule has 312 valence electrons. The molecule has 2 aromatic carbocycles. The molecule has 1 aliphatic carbocycles. The summed E-state index contributed by atoms with van der Waals surface area (Å²) in [5.74, 6) is -1.49. The molecule has 12 nitrogen and oxygen atoms in total. The lowest BCUT2D eigenvalue weighted by molar-refractivity contribution is -0.225. The van der Waals surface area contributed by atoms with Gasteiger partial charge < -0.3 is 39.0 Å². The molecule has 2 saturated heterocycles. The summed E-state index contributed by atoms with van der Waals surface area (Å²) in [6.07, 6.45) is 7.27. The van der Waals surface area contributed by atoms with E-state index in [2.05, 4.69) is 69.1 Å². The van der Waals surface area contributed by atoms with Crippen LogP contribution in [0, 0.1) is 17.3 Å².